The molecule has 0 aliphatic rings. The van der Waals surface area contributed by atoms with Crippen LogP contribution in [0.2, 0.25) is 0 Å². The second-order valence-electron chi connectivity index (χ2n) is 7.05. The van der Waals surface area contributed by atoms with Crippen molar-refractivity contribution in [3.63, 3.8) is 0 Å². The van der Waals surface area contributed by atoms with Crippen molar-refractivity contribution in [2.24, 2.45) is 0 Å². The van der Waals surface area contributed by atoms with Crippen LogP contribution in [0.5, 0.6) is 0 Å². The van der Waals surface area contributed by atoms with Crippen molar-refractivity contribution in [1.29, 1.82) is 0 Å². The Morgan fingerprint density at radius 1 is 0.742 bits per heavy atom. The van der Waals surface area contributed by atoms with Crippen LogP contribution < -0.4 is 4.72 Å². The monoisotopic (exact) mass is 430 g/mol. The minimum Gasteiger partial charge on any atom is -0.264 e. The second-order valence-corrected chi connectivity index (χ2v) is 7.88. The van der Waals surface area contributed by atoms with Gasteiger partial charge in [0.15, 0.2) is 0 Å². The normalized spacial score (nSPS) is 13.1. The minimum absolute atomic E-state index is 0.0987. The number of rotatable bonds is 8. The SMILES string of the molecule is O=[SH](=O)NCc1cccc(C(c2cccnc2)C(c2ccccc2)c2ccccn2)n1. The first-order valence-corrected chi connectivity index (χ1v) is 11.1. The van der Waals surface area contributed by atoms with Crippen LogP contribution in [0.3, 0.4) is 0 Å². The molecule has 3 aromatic heterocycles. The van der Waals surface area contributed by atoms with Gasteiger partial charge in [-0.15, -0.1) is 0 Å². The van der Waals surface area contributed by atoms with Crippen LogP contribution in [0.25, 0.3) is 0 Å². The van der Waals surface area contributed by atoms with Crippen molar-refractivity contribution in [2.75, 3.05) is 0 Å². The molecule has 7 heteroatoms. The smallest absolute Gasteiger partial charge is 0.201 e. The molecule has 1 N–H and O–H groups in total. The third kappa shape index (κ3) is 5.20. The molecule has 156 valence electrons. The van der Waals surface area contributed by atoms with E-state index in [-0.39, 0.29) is 18.4 Å². The summed E-state index contributed by atoms with van der Waals surface area (Å²) >= 11 is 0. The van der Waals surface area contributed by atoms with E-state index in [4.69, 9.17) is 4.98 Å². The molecule has 0 saturated heterocycles. The second kappa shape index (κ2) is 10.1. The Kier molecular flexibility index (Phi) is 6.76. The molecule has 31 heavy (non-hydrogen) atoms. The fourth-order valence-corrected chi connectivity index (χ4v) is 4.05. The molecule has 4 rings (SSSR count). The quantitative estimate of drug-likeness (QED) is 0.418. The van der Waals surface area contributed by atoms with Gasteiger partial charge in [-0.25, -0.2) is 13.1 Å². The highest BCUT2D eigenvalue weighted by molar-refractivity contribution is 7.70. The van der Waals surface area contributed by atoms with E-state index in [9.17, 15) is 8.42 Å². The summed E-state index contributed by atoms with van der Waals surface area (Å²) < 4.78 is 24.4. The fraction of sp³-hybridized carbons (Fsp3) is 0.125. The Morgan fingerprint density at radius 2 is 1.48 bits per heavy atom. The lowest BCUT2D eigenvalue weighted by Gasteiger charge is -2.27. The van der Waals surface area contributed by atoms with E-state index in [2.05, 4.69) is 26.8 Å². The maximum atomic E-state index is 11.0. The van der Waals surface area contributed by atoms with Crippen molar-refractivity contribution < 1.29 is 8.42 Å². The summed E-state index contributed by atoms with van der Waals surface area (Å²) in [5, 5.41) is 0. The molecule has 1 aromatic carbocycles. The molecule has 0 saturated carbocycles. The minimum atomic E-state index is -2.69. The zero-order valence-corrected chi connectivity index (χ0v) is 17.6. The number of hydrogen-bond donors (Lipinski definition) is 2. The highest BCUT2D eigenvalue weighted by Crippen LogP contribution is 2.41. The summed E-state index contributed by atoms with van der Waals surface area (Å²) in [6, 6.07) is 25.8. The maximum Gasteiger partial charge on any atom is 0.201 e. The largest absolute Gasteiger partial charge is 0.264 e. The summed E-state index contributed by atoms with van der Waals surface area (Å²) in [7, 11) is -2.69. The van der Waals surface area contributed by atoms with Gasteiger partial charge in [0.2, 0.25) is 10.9 Å². The van der Waals surface area contributed by atoms with Gasteiger partial charge >= 0.3 is 0 Å². The lowest BCUT2D eigenvalue weighted by atomic mass is 9.77. The predicted octanol–water partition coefficient (Wildman–Crippen LogP) is 3.45. The molecule has 0 bridgehead atoms. The van der Waals surface area contributed by atoms with Gasteiger partial charge in [-0.3, -0.25) is 15.0 Å². The van der Waals surface area contributed by atoms with Crippen molar-refractivity contribution in [2.45, 2.75) is 18.4 Å². The topological polar surface area (TPSA) is 84.8 Å². The molecule has 2 atom stereocenters. The molecule has 3 heterocycles. The lowest BCUT2D eigenvalue weighted by Crippen LogP contribution is -2.18. The van der Waals surface area contributed by atoms with Crippen LogP contribution in [0.1, 0.15) is 40.0 Å². The van der Waals surface area contributed by atoms with Crippen molar-refractivity contribution in [1.82, 2.24) is 19.7 Å². The highest BCUT2D eigenvalue weighted by atomic mass is 32.2. The van der Waals surface area contributed by atoms with Crippen LogP contribution >= 0.6 is 0 Å². The van der Waals surface area contributed by atoms with E-state index in [1.165, 1.54) is 0 Å². The summed E-state index contributed by atoms with van der Waals surface area (Å²) in [5.74, 6) is -0.259. The number of pyridine rings is 3. The third-order valence-corrected chi connectivity index (χ3v) is 5.49. The molecular formula is C24H22N4O2S. The first kappa shape index (κ1) is 20.8. The maximum absolute atomic E-state index is 11.0. The molecule has 6 nitrogen and oxygen atoms in total. The Labute approximate surface area is 183 Å². The zero-order chi connectivity index (χ0) is 21.5. The molecule has 0 amide bonds. The van der Waals surface area contributed by atoms with Gasteiger partial charge in [0.25, 0.3) is 0 Å². The molecule has 0 fully saturated rings. The van der Waals surface area contributed by atoms with Crippen LogP contribution in [0.4, 0.5) is 0 Å². The van der Waals surface area contributed by atoms with Crippen LogP contribution in [0, 0.1) is 0 Å². The number of benzene rings is 1. The van der Waals surface area contributed by atoms with Crippen LogP contribution in [0.15, 0.2) is 97.5 Å². The van der Waals surface area contributed by atoms with Gasteiger partial charge in [0.05, 0.1) is 12.2 Å². The molecule has 4 aromatic rings. The van der Waals surface area contributed by atoms with Gasteiger partial charge in [-0.05, 0) is 41.5 Å². The molecular weight excluding hydrogens is 408 g/mol. The van der Waals surface area contributed by atoms with Crippen molar-refractivity contribution in [3.05, 3.63) is 126 Å². The summed E-state index contributed by atoms with van der Waals surface area (Å²) in [6.07, 6.45) is 5.40. The molecule has 0 aliphatic heterocycles. The van der Waals surface area contributed by atoms with E-state index >= 15 is 0 Å². The standard InChI is InChI=1S/C24H22N4O2S/c29-31(30)27-17-20-11-6-13-22(28-20)24(19-10-7-14-25-16-19)23(18-8-2-1-3-9-18)21-12-4-5-15-26-21/h1-16,23-24,31H,17H2,(H,27,29,30). The third-order valence-electron chi connectivity index (χ3n) is 5.08. The Balaban J connectivity index is 1.87. The van der Waals surface area contributed by atoms with E-state index in [0.717, 1.165) is 22.5 Å². The van der Waals surface area contributed by atoms with Gasteiger partial charge in [0, 0.05) is 41.8 Å². The molecule has 0 spiro atoms. The first-order chi connectivity index (χ1) is 15.2. The van der Waals surface area contributed by atoms with E-state index in [1.54, 1.807) is 12.4 Å². The summed E-state index contributed by atoms with van der Waals surface area (Å²) in [6.45, 7) is 0.145. The number of nitrogens with zero attached hydrogens (tertiary/aromatic N) is 3. The first-order valence-electron chi connectivity index (χ1n) is 9.92. The van der Waals surface area contributed by atoms with Crippen LogP contribution in [-0.4, -0.2) is 23.4 Å². The summed E-state index contributed by atoms with van der Waals surface area (Å²) in [5.41, 5.74) is 4.53. The Morgan fingerprint density at radius 3 is 2.19 bits per heavy atom. The van der Waals surface area contributed by atoms with Crippen molar-refractivity contribution in [3.8, 4) is 0 Å². The number of hydrogen-bond acceptors (Lipinski definition) is 5. The van der Waals surface area contributed by atoms with Crippen molar-refractivity contribution >= 4 is 10.9 Å². The number of nitrogens with one attached hydrogen (secondary N) is 1. The zero-order valence-electron chi connectivity index (χ0n) is 16.7. The van der Waals surface area contributed by atoms with E-state index in [0.29, 0.717) is 5.69 Å². The molecule has 2 unspecified atom stereocenters. The Hall–Kier alpha value is -3.42. The van der Waals surface area contributed by atoms with Crippen LogP contribution in [-0.2, 0) is 17.4 Å². The Bertz CT molecular complexity index is 1140. The number of aromatic nitrogens is 3. The van der Waals surface area contributed by atoms with Gasteiger partial charge in [-0.2, -0.15) is 0 Å². The lowest BCUT2D eigenvalue weighted by molar-refractivity contribution is 0.599. The van der Waals surface area contributed by atoms with E-state index in [1.807, 2.05) is 72.9 Å². The highest BCUT2D eigenvalue weighted by Gasteiger charge is 2.30. The average molecular weight is 431 g/mol. The van der Waals surface area contributed by atoms with Gasteiger partial charge in [0.1, 0.15) is 0 Å². The average Bonchev–Trinajstić information content (AvgIpc) is 2.83. The fourth-order valence-electron chi connectivity index (χ4n) is 3.76. The van der Waals surface area contributed by atoms with Gasteiger partial charge in [-0.1, -0.05) is 48.5 Å². The predicted molar refractivity (Wildman–Crippen MR) is 120 cm³/mol. The summed E-state index contributed by atoms with van der Waals surface area (Å²) in [4.78, 5) is 13.8. The number of thiol groups is 1. The molecule has 0 radical (unpaired) electrons. The molecule has 0 aliphatic carbocycles. The van der Waals surface area contributed by atoms with E-state index < -0.39 is 10.9 Å². The van der Waals surface area contributed by atoms with Gasteiger partial charge < -0.3 is 0 Å².